The summed E-state index contributed by atoms with van der Waals surface area (Å²) in [6.45, 7) is 4.59. The highest BCUT2D eigenvalue weighted by Crippen LogP contribution is 2.28. The zero-order chi connectivity index (χ0) is 10.7. The molecule has 1 unspecified atom stereocenters. The second-order valence-corrected chi connectivity index (χ2v) is 5.07. The number of rotatable bonds is 2. The first-order valence-electron chi connectivity index (χ1n) is 6.23. The molecule has 2 nitrogen and oxygen atoms in total. The van der Waals surface area contributed by atoms with Gasteiger partial charge in [-0.15, -0.1) is 0 Å². The molecular weight excluding hydrogens is 186 g/mol. The molecule has 0 N–H and O–H groups in total. The van der Waals surface area contributed by atoms with Gasteiger partial charge in [-0.05, 0) is 31.6 Å². The quantitative estimate of drug-likeness (QED) is 0.648. The molecule has 2 heteroatoms. The molecule has 2 rings (SSSR count). The molecule has 1 heterocycles. The number of hydrogen-bond donors (Lipinski definition) is 0. The van der Waals surface area contributed by atoms with Crippen LogP contribution in [0.5, 0.6) is 0 Å². The van der Waals surface area contributed by atoms with Gasteiger partial charge < -0.3 is 4.74 Å². The highest BCUT2D eigenvalue weighted by molar-refractivity contribution is 5.00. The van der Waals surface area contributed by atoms with Crippen LogP contribution >= 0.6 is 0 Å². The van der Waals surface area contributed by atoms with E-state index in [1.807, 2.05) is 0 Å². The predicted molar refractivity (Wildman–Crippen MR) is 62.9 cm³/mol. The van der Waals surface area contributed by atoms with Gasteiger partial charge in [-0.3, -0.25) is 4.90 Å². The average Bonchev–Trinajstić information content (AvgIpc) is 2.30. The first-order chi connectivity index (χ1) is 7.29. The molecule has 0 aromatic heterocycles. The van der Waals surface area contributed by atoms with Crippen LogP contribution in [0.2, 0.25) is 0 Å². The Balaban J connectivity index is 1.86. The standard InChI is InChI=1S/C13H23NO/c1-11-5-7-12(8-6-11)14-9-3-4-13(10-14)15-2/h3-4,11-13H,5-10H2,1-2H3. The van der Waals surface area contributed by atoms with Gasteiger partial charge in [0.1, 0.15) is 0 Å². The maximum atomic E-state index is 5.40. The van der Waals surface area contributed by atoms with Gasteiger partial charge in [-0.1, -0.05) is 19.1 Å². The lowest BCUT2D eigenvalue weighted by atomic mass is 9.86. The summed E-state index contributed by atoms with van der Waals surface area (Å²) in [6, 6.07) is 0.809. The SMILES string of the molecule is COC1C=CCN(C2CCC(C)CC2)C1. The first-order valence-corrected chi connectivity index (χ1v) is 6.23. The number of nitrogens with zero attached hydrogens (tertiary/aromatic N) is 1. The molecule has 2 aliphatic rings. The van der Waals surface area contributed by atoms with Gasteiger partial charge in [0.05, 0.1) is 6.10 Å². The van der Waals surface area contributed by atoms with Gasteiger partial charge in [-0.25, -0.2) is 0 Å². The maximum absolute atomic E-state index is 5.40. The van der Waals surface area contributed by atoms with E-state index in [1.165, 1.54) is 25.7 Å². The van der Waals surface area contributed by atoms with Crippen LogP contribution in [0.25, 0.3) is 0 Å². The summed E-state index contributed by atoms with van der Waals surface area (Å²) < 4.78 is 5.40. The topological polar surface area (TPSA) is 12.5 Å². The lowest BCUT2D eigenvalue weighted by Crippen LogP contribution is -2.44. The lowest BCUT2D eigenvalue weighted by molar-refractivity contribution is 0.0599. The molecule has 0 amide bonds. The molecule has 86 valence electrons. The molecule has 0 bridgehead atoms. The third-order valence-electron chi connectivity index (χ3n) is 3.91. The molecule has 1 atom stereocenters. The molecule has 15 heavy (non-hydrogen) atoms. The third kappa shape index (κ3) is 2.82. The molecule has 0 radical (unpaired) electrons. The fraction of sp³-hybridized carbons (Fsp3) is 0.846. The Bertz CT molecular complexity index is 219. The Morgan fingerprint density at radius 1 is 1.20 bits per heavy atom. The number of hydrogen-bond acceptors (Lipinski definition) is 2. The van der Waals surface area contributed by atoms with E-state index in [2.05, 4.69) is 24.0 Å². The van der Waals surface area contributed by atoms with E-state index >= 15 is 0 Å². The van der Waals surface area contributed by atoms with Crippen LogP contribution in [-0.2, 0) is 4.74 Å². The lowest BCUT2D eigenvalue weighted by Gasteiger charge is -2.38. The minimum Gasteiger partial charge on any atom is -0.376 e. The highest BCUT2D eigenvalue weighted by Gasteiger charge is 2.26. The Kier molecular flexibility index (Phi) is 3.81. The minimum absolute atomic E-state index is 0.318. The zero-order valence-corrected chi connectivity index (χ0v) is 9.98. The third-order valence-corrected chi connectivity index (χ3v) is 3.91. The van der Waals surface area contributed by atoms with Gasteiger partial charge in [0.15, 0.2) is 0 Å². The van der Waals surface area contributed by atoms with Crippen LogP contribution in [0.3, 0.4) is 0 Å². The van der Waals surface area contributed by atoms with E-state index in [9.17, 15) is 0 Å². The van der Waals surface area contributed by atoms with Crippen LogP contribution in [0, 0.1) is 5.92 Å². The molecule has 1 saturated carbocycles. The van der Waals surface area contributed by atoms with Crippen LogP contribution < -0.4 is 0 Å². The van der Waals surface area contributed by atoms with Gasteiger partial charge >= 0.3 is 0 Å². The van der Waals surface area contributed by atoms with E-state index in [4.69, 9.17) is 4.74 Å². The minimum atomic E-state index is 0.318. The smallest absolute Gasteiger partial charge is 0.0879 e. The van der Waals surface area contributed by atoms with Gasteiger partial charge in [-0.2, -0.15) is 0 Å². The second-order valence-electron chi connectivity index (χ2n) is 5.07. The normalized spacial score (nSPS) is 38.1. The molecule has 0 aromatic rings. The summed E-state index contributed by atoms with van der Waals surface area (Å²) in [4.78, 5) is 2.60. The summed E-state index contributed by atoms with van der Waals surface area (Å²) in [5.41, 5.74) is 0. The fourth-order valence-electron chi connectivity index (χ4n) is 2.77. The van der Waals surface area contributed by atoms with Crippen molar-refractivity contribution in [2.45, 2.75) is 44.8 Å². The Hall–Kier alpha value is -0.340. The van der Waals surface area contributed by atoms with Crippen molar-refractivity contribution in [3.05, 3.63) is 12.2 Å². The van der Waals surface area contributed by atoms with Crippen LogP contribution in [0.4, 0.5) is 0 Å². The summed E-state index contributed by atoms with van der Waals surface area (Å²) in [5, 5.41) is 0. The predicted octanol–water partition coefficient (Wildman–Crippen LogP) is 2.45. The second kappa shape index (κ2) is 5.13. The van der Waals surface area contributed by atoms with Crippen LogP contribution in [0.1, 0.15) is 32.6 Å². The van der Waals surface area contributed by atoms with Crippen molar-refractivity contribution in [1.82, 2.24) is 4.90 Å². The van der Waals surface area contributed by atoms with Gasteiger partial charge in [0.25, 0.3) is 0 Å². The van der Waals surface area contributed by atoms with Crippen molar-refractivity contribution in [2.75, 3.05) is 20.2 Å². The maximum Gasteiger partial charge on any atom is 0.0879 e. The number of methoxy groups -OCH3 is 1. The Morgan fingerprint density at radius 3 is 2.60 bits per heavy atom. The van der Waals surface area contributed by atoms with Crippen molar-refractivity contribution >= 4 is 0 Å². The van der Waals surface area contributed by atoms with Crippen LogP contribution in [-0.4, -0.2) is 37.2 Å². The Morgan fingerprint density at radius 2 is 1.93 bits per heavy atom. The summed E-state index contributed by atoms with van der Waals surface area (Å²) in [7, 11) is 1.81. The number of ether oxygens (including phenoxy) is 1. The van der Waals surface area contributed by atoms with Crippen molar-refractivity contribution in [1.29, 1.82) is 0 Å². The summed E-state index contributed by atoms with van der Waals surface area (Å²) in [6.07, 6.45) is 10.3. The van der Waals surface area contributed by atoms with E-state index in [0.717, 1.165) is 25.0 Å². The molecular formula is C13H23NO. The molecule has 1 aliphatic carbocycles. The van der Waals surface area contributed by atoms with Crippen molar-refractivity contribution in [3.8, 4) is 0 Å². The van der Waals surface area contributed by atoms with Gasteiger partial charge in [0, 0.05) is 26.2 Å². The van der Waals surface area contributed by atoms with E-state index < -0.39 is 0 Å². The van der Waals surface area contributed by atoms with E-state index in [1.54, 1.807) is 7.11 Å². The zero-order valence-electron chi connectivity index (χ0n) is 9.98. The summed E-state index contributed by atoms with van der Waals surface area (Å²) in [5.74, 6) is 0.944. The molecule has 1 aliphatic heterocycles. The first kappa shape index (κ1) is 11.2. The van der Waals surface area contributed by atoms with Gasteiger partial charge in [0.2, 0.25) is 0 Å². The van der Waals surface area contributed by atoms with Crippen molar-refractivity contribution in [3.63, 3.8) is 0 Å². The molecule has 0 saturated heterocycles. The van der Waals surface area contributed by atoms with Crippen LogP contribution in [0.15, 0.2) is 12.2 Å². The average molecular weight is 209 g/mol. The monoisotopic (exact) mass is 209 g/mol. The molecule has 0 aromatic carbocycles. The van der Waals surface area contributed by atoms with E-state index in [-0.39, 0.29) is 0 Å². The molecule has 1 fully saturated rings. The van der Waals surface area contributed by atoms with E-state index in [0.29, 0.717) is 6.10 Å². The van der Waals surface area contributed by atoms with Crippen molar-refractivity contribution < 1.29 is 4.74 Å². The highest BCUT2D eigenvalue weighted by atomic mass is 16.5. The molecule has 0 spiro atoms. The van der Waals surface area contributed by atoms with Crippen molar-refractivity contribution in [2.24, 2.45) is 5.92 Å². The fourth-order valence-corrected chi connectivity index (χ4v) is 2.77. The Labute approximate surface area is 93.3 Å². The summed E-state index contributed by atoms with van der Waals surface area (Å²) >= 11 is 0. The largest absolute Gasteiger partial charge is 0.376 e.